The first kappa shape index (κ1) is 21.9. The molecule has 8 heteroatoms. The Labute approximate surface area is 167 Å². The molecule has 0 spiro atoms. The maximum Gasteiger partial charge on any atom is 0.387 e. The van der Waals surface area contributed by atoms with Crippen LogP contribution in [0.2, 0.25) is 0 Å². The summed E-state index contributed by atoms with van der Waals surface area (Å²) in [4.78, 5) is 24.0. The van der Waals surface area contributed by atoms with Crippen molar-refractivity contribution in [2.24, 2.45) is 0 Å². The van der Waals surface area contributed by atoms with Crippen LogP contribution < -0.4 is 20.1 Å². The van der Waals surface area contributed by atoms with Gasteiger partial charge in [-0.15, -0.1) is 0 Å². The number of amides is 2. The summed E-state index contributed by atoms with van der Waals surface area (Å²) >= 11 is 0. The number of urea groups is 1. The molecule has 2 aromatic carbocycles. The second-order valence-electron chi connectivity index (χ2n) is 6.32. The van der Waals surface area contributed by atoms with E-state index in [-0.39, 0.29) is 29.4 Å². The number of alkyl halides is 2. The van der Waals surface area contributed by atoms with E-state index in [2.05, 4.69) is 15.4 Å². The first-order valence-electron chi connectivity index (χ1n) is 8.81. The summed E-state index contributed by atoms with van der Waals surface area (Å²) in [5.74, 6) is -0.208. The van der Waals surface area contributed by atoms with Gasteiger partial charge >= 0.3 is 12.6 Å². The molecule has 2 amide bonds. The minimum Gasteiger partial charge on any atom is -0.493 e. The summed E-state index contributed by atoms with van der Waals surface area (Å²) in [6.45, 7) is 0.742. The lowest BCUT2D eigenvalue weighted by Crippen LogP contribution is -2.34. The summed E-state index contributed by atoms with van der Waals surface area (Å²) in [5, 5.41) is 5.37. The van der Waals surface area contributed by atoms with Gasteiger partial charge in [-0.05, 0) is 61.9 Å². The fraction of sp³-hybridized carbons (Fsp3) is 0.238. The van der Waals surface area contributed by atoms with Gasteiger partial charge in [0.15, 0.2) is 17.3 Å². The van der Waals surface area contributed by atoms with Crippen LogP contribution in [0.15, 0.2) is 48.5 Å². The van der Waals surface area contributed by atoms with Crippen molar-refractivity contribution in [3.8, 4) is 11.5 Å². The average molecular weight is 404 g/mol. The molecule has 2 aromatic rings. The third-order valence-electron chi connectivity index (χ3n) is 3.68. The molecule has 0 heterocycles. The molecule has 0 unspecified atom stereocenters. The third kappa shape index (κ3) is 6.91. The van der Waals surface area contributed by atoms with Crippen LogP contribution >= 0.6 is 0 Å². The zero-order valence-electron chi connectivity index (χ0n) is 16.2. The zero-order chi connectivity index (χ0) is 21.4. The Hall–Kier alpha value is -3.42. The Morgan fingerprint density at radius 2 is 1.72 bits per heavy atom. The predicted octanol–water partition coefficient (Wildman–Crippen LogP) is 4.72. The second-order valence-corrected chi connectivity index (χ2v) is 6.32. The molecule has 0 radical (unpaired) electrons. The van der Waals surface area contributed by atoms with Crippen molar-refractivity contribution in [3.63, 3.8) is 0 Å². The highest BCUT2D eigenvalue weighted by atomic mass is 19.3. The lowest BCUT2D eigenvalue weighted by atomic mass is 10.1. The Balaban J connectivity index is 2.04. The molecule has 6 nitrogen and oxygen atoms in total. The molecular formula is C21H22F2N2O4. The van der Waals surface area contributed by atoms with E-state index in [1.54, 1.807) is 30.3 Å². The number of anilines is 1. The molecule has 0 atom stereocenters. The van der Waals surface area contributed by atoms with Gasteiger partial charge in [0.1, 0.15) is 0 Å². The van der Waals surface area contributed by atoms with Gasteiger partial charge in [-0.2, -0.15) is 8.78 Å². The number of ether oxygens (including phenoxy) is 2. The van der Waals surface area contributed by atoms with Crippen LogP contribution in [0.3, 0.4) is 0 Å². The van der Waals surface area contributed by atoms with E-state index in [4.69, 9.17) is 4.74 Å². The van der Waals surface area contributed by atoms with Crippen LogP contribution in [0.25, 0.3) is 6.08 Å². The van der Waals surface area contributed by atoms with Gasteiger partial charge in [0.2, 0.25) is 0 Å². The Bertz CT molecular complexity index is 881. The number of halogens is 2. The number of allylic oxidation sites excluding steroid dienone is 1. The quantitative estimate of drug-likeness (QED) is 0.493. The number of nitrogens with one attached hydrogen (secondary N) is 2. The number of hydrogen-bond donors (Lipinski definition) is 2. The van der Waals surface area contributed by atoms with Crippen molar-refractivity contribution in [1.29, 1.82) is 0 Å². The standard InChI is InChI=1S/C21H22F2N2O4/c1-13(2)24-21(27)25-16-8-6-15(7-9-16)17(26)10-4-14-5-11-18(29-20(22)23)19(12-14)28-3/h4-13,20H,1-3H3,(H2,24,25,27)/b10-4+. The van der Waals surface area contributed by atoms with E-state index in [0.29, 0.717) is 16.8 Å². The topological polar surface area (TPSA) is 76.7 Å². The monoisotopic (exact) mass is 404 g/mol. The van der Waals surface area contributed by atoms with Gasteiger partial charge in [0.25, 0.3) is 0 Å². The van der Waals surface area contributed by atoms with Gasteiger partial charge in [-0.3, -0.25) is 4.79 Å². The summed E-state index contributed by atoms with van der Waals surface area (Å²) in [6, 6.07) is 10.5. The Morgan fingerprint density at radius 3 is 2.31 bits per heavy atom. The highest BCUT2D eigenvalue weighted by Gasteiger charge is 2.11. The normalized spacial score (nSPS) is 11.0. The number of ketones is 1. The van der Waals surface area contributed by atoms with E-state index in [0.717, 1.165) is 0 Å². The third-order valence-corrected chi connectivity index (χ3v) is 3.68. The highest BCUT2D eigenvalue weighted by Crippen LogP contribution is 2.29. The van der Waals surface area contributed by atoms with Gasteiger partial charge in [0, 0.05) is 17.3 Å². The first-order valence-corrected chi connectivity index (χ1v) is 8.81. The summed E-state index contributed by atoms with van der Waals surface area (Å²) in [5.41, 5.74) is 1.57. The van der Waals surface area contributed by atoms with Crippen molar-refractivity contribution in [2.75, 3.05) is 12.4 Å². The van der Waals surface area contributed by atoms with Gasteiger partial charge in [-0.1, -0.05) is 12.1 Å². The molecule has 0 aliphatic carbocycles. The number of carbonyl (C=O) groups excluding carboxylic acids is 2. The summed E-state index contributed by atoms with van der Waals surface area (Å²) in [6.07, 6.45) is 2.90. The fourth-order valence-corrected chi connectivity index (χ4v) is 2.40. The summed E-state index contributed by atoms with van der Waals surface area (Å²) in [7, 11) is 1.34. The molecule has 2 rings (SSSR count). The molecule has 0 saturated heterocycles. The number of benzene rings is 2. The largest absolute Gasteiger partial charge is 0.493 e. The number of methoxy groups -OCH3 is 1. The van der Waals surface area contributed by atoms with Gasteiger partial charge in [0.05, 0.1) is 7.11 Å². The minimum absolute atomic E-state index is 0.00983. The van der Waals surface area contributed by atoms with Crippen LogP contribution in [-0.2, 0) is 0 Å². The summed E-state index contributed by atoms with van der Waals surface area (Å²) < 4.78 is 34.1. The highest BCUT2D eigenvalue weighted by molar-refractivity contribution is 6.07. The Morgan fingerprint density at radius 1 is 1.03 bits per heavy atom. The van der Waals surface area contributed by atoms with Crippen molar-refractivity contribution < 1.29 is 27.8 Å². The molecule has 0 aromatic heterocycles. The van der Waals surface area contributed by atoms with Crippen molar-refractivity contribution in [2.45, 2.75) is 26.5 Å². The average Bonchev–Trinajstić information content (AvgIpc) is 2.66. The molecule has 2 N–H and O–H groups in total. The first-order chi connectivity index (χ1) is 13.8. The molecule has 0 saturated carbocycles. The fourth-order valence-electron chi connectivity index (χ4n) is 2.40. The van der Waals surface area contributed by atoms with Crippen molar-refractivity contribution in [1.82, 2.24) is 5.32 Å². The van der Waals surface area contributed by atoms with Crippen molar-refractivity contribution in [3.05, 3.63) is 59.7 Å². The lowest BCUT2D eigenvalue weighted by molar-refractivity contribution is -0.0512. The predicted molar refractivity (Wildman–Crippen MR) is 107 cm³/mol. The van der Waals surface area contributed by atoms with E-state index < -0.39 is 6.61 Å². The minimum atomic E-state index is -2.96. The van der Waals surface area contributed by atoms with Crippen molar-refractivity contribution >= 4 is 23.6 Å². The maximum absolute atomic E-state index is 12.4. The van der Waals surface area contributed by atoms with E-state index in [1.165, 1.54) is 31.4 Å². The van der Waals surface area contributed by atoms with Crippen LogP contribution in [0.4, 0.5) is 19.3 Å². The molecule has 0 bridgehead atoms. The smallest absolute Gasteiger partial charge is 0.387 e. The molecular weight excluding hydrogens is 382 g/mol. The van der Waals surface area contributed by atoms with Gasteiger partial charge < -0.3 is 20.1 Å². The second kappa shape index (κ2) is 10.2. The van der Waals surface area contributed by atoms with Crippen LogP contribution in [-0.4, -0.2) is 31.6 Å². The number of rotatable bonds is 8. The van der Waals surface area contributed by atoms with E-state index >= 15 is 0 Å². The molecule has 0 fully saturated rings. The lowest BCUT2D eigenvalue weighted by Gasteiger charge is -2.10. The van der Waals surface area contributed by atoms with E-state index in [9.17, 15) is 18.4 Å². The van der Waals surface area contributed by atoms with Crippen LogP contribution in [0.1, 0.15) is 29.8 Å². The SMILES string of the molecule is COc1cc(/C=C/C(=O)c2ccc(NC(=O)NC(C)C)cc2)ccc1OC(F)F. The molecule has 29 heavy (non-hydrogen) atoms. The maximum atomic E-state index is 12.4. The zero-order valence-corrected chi connectivity index (χ0v) is 16.2. The van der Waals surface area contributed by atoms with Crippen LogP contribution in [0, 0.1) is 0 Å². The number of hydrogen-bond acceptors (Lipinski definition) is 4. The van der Waals surface area contributed by atoms with Gasteiger partial charge in [-0.25, -0.2) is 4.79 Å². The van der Waals surface area contributed by atoms with Crippen LogP contribution in [0.5, 0.6) is 11.5 Å². The molecule has 0 aliphatic rings. The van der Waals surface area contributed by atoms with E-state index in [1.807, 2.05) is 13.8 Å². The number of carbonyl (C=O) groups is 2. The molecule has 0 aliphatic heterocycles. The Kier molecular flexibility index (Phi) is 7.70. The molecule has 154 valence electrons.